The highest BCUT2D eigenvalue weighted by atomic mass is 79.9. The smallest absolute Gasteiger partial charge is 0.294 e. The van der Waals surface area contributed by atoms with Crippen LogP contribution in [-0.2, 0) is 0 Å². The molecule has 0 aliphatic heterocycles. The molecule has 0 radical (unpaired) electrons. The fraction of sp³-hybridized carbons (Fsp3) is 0.357. The largest absolute Gasteiger partial charge is 0.393 e. The minimum Gasteiger partial charge on any atom is -0.393 e. The van der Waals surface area contributed by atoms with E-state index in [1.165, 1.54) is 0 Å². The van der Waals surface area contributed by atoms with Gasteiger partial charge in [0, 0.05) is 10.5 Å². The molecule has 0 spiro atoms. The van der Waals surface area contributed by atoms with Crippen LogP contribution < -0.4 is 11.3 Å². The Morgan fingerprint density at radius 1 is 1.26 bits per heavy atom. The number of aromatic nitrogens is 2. The number of nitrogen functional groups attached to an aromatic ring is 1. The van der Waals surface area contributed by atoms with Gasteiger partial charge in [-0.2, -0.15) is 0 Å². The Labute approximate surface area is 120 Å². The summed E-state index contributed by atoms with van der Waals surface area (Å²) in [6.07, 6.45) is 0. The molecule has 0 amide bonds. The van der Waals surface area contributed by atoms with E-state index in [4.69, 9.17) is 5.73 Å². The monoisotopic (exact) mass is 323 g/mol. The average molecular weight is 324 g/mol. The molecule has 0 saturated heterocycles. The van der Waals surface area contributed by atoms with Crippen LogP contribution in [0.15, 0.2) is 27.5 Å². The third-order valence-electron chi connectivity index (χ3n) is 3.25. The van der Waals surface area contributed by atoms with Crippen LogP contribution in [0.5, 0.6) is 0 Å². The number of benzene rings is 1. The lowest BCUT2D eigenvalue weighted by atomic mass is 10.2. The molecule has 102 valence electrons. The van der Waals surface area contributed by atoms with Crippen LogP contribution in [0.2, 0.25) is 0 Å². The van der Waals surface area contributed by atoms with Crippen LogP contribution in [0.1, 0.15) is 31.1 Å². The molecular weight excluding hydrogens is 306 g/mol. The number of hydrogen-bond donors (Lipinski definition) is 1. The molecule has 2 rings (SSSR count). The Morgan fingerprint density at radius 3 is 2.42 bits per heavy atom. The molecule has 2 aromatic rings. The van der Waals surface area contributed by atoms with E-state index in [2.05, 4.69) is 15.9 Å². The number of nitrogens with zero attached hydrogens (tertiary/aromatic N) is 2. The van der Waals surface area contributed by atoms with E-state index < -0.39 is 0 Å². The van der Waals surface area contributed by atoms with Gasteiger partial charge in [-0.05, 0) is 51.5 Å². The summed E-state index contributed by atoms with van der Waals surface area (Å²) >= 11 is 3.47. The van der Waals surface area contributed by atoms with Crippen molar-refractivity contribution >= 4 is 21.6 Å². The number of halogens is 1. The Balaban J connectivity index is 2.78. The lowest BCUT2D eigenvalue weighted by molar-refractivity contribution is 0.466. The van der Waals surface area contributed by atoms with E-state index in [1.54, 1.807) is 4.68 Å². The van der Waals surface area contributed by atoms with Gasteiger partial charge in [-0.15, -0.1) is 0 Å². The van der Waals surface area contributed by atoms with Gasteiger partial charge in [-0.3, -0.25) is 9.48 Å². The molecule has 5 heteroatoms. The Kier molecular flexibility index (Phi) is 3.58. The van der Waals surface area contributed by atoms with Crippen LogP contribution >= 0.6 is 15.9 Å². The van der Waals surface area contributed by atoms with E-state index in [1.807, 2.05) is 50.6 Å². The highest BCUT2D eigenvalue weighted by Crippen LogP contribution is 2.22. The molecule has 1 heterocycles. The number of hydrogen-bond acceptors (Lipinski definition) is 2. The minimum atomic E-state index is -0.159. The molecule has 4 nitrogen and oxygen atoms in total. The fourth-order valence-electron chi connectivity index (χ4n) is 2.26. The van der Waals surface area contributed by atoms with Crippen molar-refractivity contribution in [2.24, 2.45) is 0 Å². The van der Waals surface area contributed by atoms with E-state index in [9.17, 15) is 4.79 Å². The zero-order valence-electron chi connectivity index (χ0n) is 11.6. The molecule has 19 heavy (non-hydrogen) atoms. The van der Waals surface area contributed by atoms with Gasteiger partial charge in [0.15, 0.2) is 0 Å². The summed E-state index contributed by atoms with van der Waals surface area (Å²) in [4.78, 5) is 12.3. The molecule has 0 atom stereocenters. The Morgan fingerprint density at radius 2 is 1.89 bits per heavy atom. The third-order valence-corrected chi connectivity index (χ3v) is 4.14. The quantitative estimate of drug-likeness (QED) is 0.922. The summed E-state index contributed by atoms with van der Waals surface area (Å²) in [5, 5.41) is 0. The minimum absolute atomic E-state index is 0.159. The van der Waals surface area contributed by atoms with E-state index in [-0.39, 0.29) is 11.6 Å². The maximum absolute atomic E-state index is 12.3. The molecule has 0 aliphatic rings. The summed E-state index contributed by atoms with van der Waals surface area (Å²) < 4.78 is 4.60. The average Bonchev–Trinajstić information content (AvgIpc) is 2.57. The topological polar surface area (TPSA) is 52.9 Å². The SMILES string of the molecule is Cc1cc(-n2c(=O)c(N)c(C)n2C(C)C)ccc1Br. The zero-order valence-corrected chi connectivity index (χ0v) is 13.2. The van der Waals surface area contributed by atoms with Crippen LogP contribution in [0, 0.1) is 13.8 Å². The number of rotatable bonds is 2. The van der Waals surface area contributed by atoms with Crippen molar-refractivity contribution < 1.29 is 0 Å². The highest BCUT2D eigenvalue weighted by Gasteiger charge is 2.17. The van der Waals surface area contributed by atoms with Crippen molar-refractivity contribution in [1.29, 1.82) is 0 Å². The van der Waals surface area contributed by atoms with Gasteiger partial charge in [-0.25, -0.2) is 4.68 Å². The second kappa shape index (κ2) is 4.89. The maximum atomic E-state index is 12.3. The third kappa shape index (κ3) is 2.23. The van der Waals surface area contributed by atoms with Gasteiger partial charge in [-0.1, -0.05) is 15.9 Å². The van der Waals surface area contributed by atoms with Gasteiger partial charge in [0.25, 0.3) is 5.56 Å². The first-order valence-corrected chi connectivity index (χ1v) is 7.00. The summed E-state index contributed by atoms with van der Waals surface area (Å²) in [5.41, 5.74) is 8.76. The van der Waals surface area contributed by atoms with Crippen molar-refractivity contribution in [3.8, 4) is 5.69 Å². The first-order chi connectivity index (χ1) is 8.84. The predicted octanol–water partition coefficient (Wildman–Crippen LogP) is 3.18. The molecule has 0 fully saturated rings. The standard InChI is InChI=1S/C14H18BrN3O/c1-8(2)17-10(4)13(16)14(19)18(17)11-5-6-12(15)9(3)7-11/h5-8H,16H2,1-4H3. The molecule has 0 aliphatic carbocycles. The predicted molar refractivity (Wildman–Crippen MR) is 82.0 cm³/mol. The zero-order chi connectivity index (χ0) is 14.3. The molecule has 0 saturated carbocycles. The van der Waals surface area contributed by atoms with Gasteiger partial charge in [0.2, 0.25) is 0 Å². The molecule has 0 bridgehead atoms. The number of anilines is 1. The second-order valence-corrected chi connectivity index (χ2v) is 5.84. The lowest BCUT2D eigenvalue weighted by Crippen LogP contribution is -2.23. The fourth-order valence-corrected chi connectivity index (χ4v) is 2.51. The van der Waals surface area contributed by atoms with Crippen molar-refractivity contribution in [1.82, 2.24) is 9.36 Å². The van der Waals surface area contributed by atoms with Crippen LogP contribution in [0.3, 0.4) is 0 Å². The lowest BCUT2D eigenvalue weighted by Gasteiger charge is -2.17. The normalized spacial score (nSPS) is 11.3. The molecule has 0 unspecified atom stereocenters. The molecule has 1 aromatic heterocycles. The van der Waals surface area contributed by atoms with Crippen molar-refractivity contribution in [2.45, 2.75) is 33.7 Å². The molecule has 2 N–H and O–H groups in total. The van der Waals surface area contributed by atoms with Gasteiger partial charge < -0.3 is 5.73 Å². The number of nitrogens with two attached hydrogens (primary N) is 1. The van der Waals surface area contributed by atoms with E-state index in [0.29, 0.717) is 5.69 Å². The van der Waals surface area contributed by atoms with Crippen molar-refractivity contribution in [3.63, 3.8) is 0 Å². The summed E-state index contributed by atoms with van der Waals surface area (Å²) in [6, 6.07) is 5.99. The highest BCUT2D eigenvalue weighted by molar-refractivity contribution is 9.10. The number of aryl methyl sites for hydroxylation is 1. The summed E-state index contributed by atoms with van der Waals surface area (Å²) in [5.74, 6) is 0. The summed E-state index contributed by atoms with van der Waals surface area (Å²) in [6.45, 7) is 7.94. The molecule has 1 aromatic carbocycles. The Hall–Kier alpha value is -1.49. The van der Waals surface area contributed by atoms with Gasteiger partial charge in [0.1, 0.15) is 5.69 Å². The van der Waals surface area contributed by atoms with Gasteiger partial charge in [0.05, 0.1) is 11.4 Å². The molecular formula is C14H18BrN3O. The van der Waals surface area contributed by atoms with E-state index in [0.717, 1.165) is 21.4 Å². The van der Waals surface area contributed by atoms with Crippen molar-refractivity contribution in [3.05, 3.63) is 44.3 Å². The maximum Gasteiger partial charge on any atom is 0.294 e. The van der Waals surface area contributed by atoms with Crippen LogP contribution in [0.25, 0.3) is 5.69 Å². The van der Waals surface area contributed by atoms with E-state index >= 15 is 0 Å². The van der Waals surface area contributed by atoms with Gasteiger partial charge >= 0.3 is 0 Å². The van der Waals surface area contributed by atoms with Crippen LogP contribution in [0.4, 0.5) is 5.69 Å². The Bertz CT molecular complexity index is 683. The summed E-state index contributed by atoms with van der Waals surface area (Å²) in [7, 11) is 0. The first-order valence-electron chi connectivity index (χ1n) is 6.20. The van der Waals surface area contributed by atoms with Crippen LogP contribution in [-0.4, -0.2) is 9.36 Å². The first kappa shape index (κ1) is 13.9. The second-order valence-electron chi connectivity index (χ2n) is 4.99. The van der Waals surface area contributed by atoms with Crippen molar-refractivity contribution in [2.75, 3.05) is 5.73 Å².